The normalized spacial score (nSPS) is 25.4. The second kappa shape index (κ2) is 7.13. The van der Waals surface area contributed by atoms with Crippen LogP contribution in [0.4, 0.5) is 5.69 Å². The van der Waals surface area contributed by atoms with Gasteiger partial charge < -0.3 is 10.2 Å². The molecule has 5 rings (SSSR count). The van der Waals surface area contributed by atoms with Crippen molar-refractivity contribution in [3.63, 3.8) is 0 Å². The standard InChI is InChI=1S/C23H22Cl2N2O/c24-14-9-10-18(20(25)13-14)21-16-6-3-5-15(16)17-7-4-8-19(22(17)26-21)23(28)27-11-1-2-12-27/h3-5,7-10,13,15-16,21,26H,1-2,6,11-12H2/t15-,16+,21-/m0/s1. The van der Waals surface area contributed by atoms with Crippen LogP contribution in [0.2, 0.25) is 10.0 Å². The highest BCUT2D eigenvalue weighted by Gasteiger charge is 2.40. The molecular formula is C23H22Cl2N2O. The van der Waals surface area contributed by atoms with E-state index in [4.69, 9.17) is 23.2 Å². The lowest BCUT2D eigenvalue weighted by molar-refractivity contribution is 0.0793. The molecule has 0 spiro atoms. The van der Waals surface area contributed by atoms with Crippen molar-refractivity contribution in [2.75, 3.05) is 18.4 Å². The first-order valence-electron chi connectivity index (χ1n) is 9.94. The second-order valence-corrected chi connectivity index (χ2v) is 8.75. The molecule has 1 amide bonds. The Hall–Kier alpha value is -1.97. The molecule has 2 aromatic carbocycles. The number of amides is 1. The first kappa shape index (κ1) is 18.1. The summed E-state index contributed by atoms with van der Waals surface area (Å²) >= 11 is 12.7. The Kier molecular flexibility index (Phi) is 4.60. The molecule has 1 N–H and O–H groups in total. The third kappa shape index (κ3) is 2.92. The predicted octanol–water partition coefficient (Wildman–Crippen LogP) is 6.06. The van der Waals surface area contributed by atoms with E-state index in [0.29, 0.717) is 21.9 Å². The largest absolute Gasteiger partial charge is 0.377 e. The number of anilines is 1. The number of fused-ring (bicyclic) bond motifs is 3. The fourth-order valence-corrected chi connectivity index (χ4v) is 5.48. The Morgan fingerprint density at radius 2 is 1.89 bits per heavy atom. The van der Waals surface area contributed by atoms with Gasteiger partial charge in [-0.1, -0.05) is 53.6 Å². The summed E-state index contributed by atoms with van der Waals surface area (Å²) in [7, 11) is 0. The third-order valence-corrected chi connectivity index (χ3v) is 6.88. The van der Waals surface area contributed by atoms with Crippen LogP contribution in [0, 0.1) is 5.92 Å². The number of carbonyl (C=O) groups excluding carboxylic acids is 1. The SMILES string of the molecule is O=C(c1cccc2c1N[C@H](c1ccc(Cl)cc1Cl)[C@@H]1CC=C[C@H]21)N1CCCC1. The Labute approximate surface area is 175 Å². The highest BCUT2D eigenvalue weighted by molar-refractivity contribution is 6.35. The van der Waals surface area contributed by atoms with Gasteiger partial charge in [-0.05, 0) is 54.5 Å². The Bertz CT molecular complexity index is 965. The second-order valence-electron chi connectivity index (χ2n) is 7.91. The number of benzene rings is 2. The van der Waals surface area contributed by atoms with Gasteiger partial charge in [-0.25, -0.2) is 0 Å². The summed E-state index contributed by atoms with van der Waals surface area (Å²) in [5, 5.41) is 5.01. The van der Waals surface area contributed by atoms with Gasteiger partial charge in [0.2, 0.25) is 0 Å². The number of nitrogens with zero attached hydrogens (tertiary/aromatic N) is 1. The van der Waals surface area contributed by atoms with Crippen LogP contribution in [0.5, 0.6) is 0 Å². The molecule has 0 aromatic heterocycles. The Morgan fingerprint density at radius 3 is 2.68 bits per heavy atom. The highest BCUT2D eigenvalue weighted by atomic mass is 35.5. The van der Waals surface area contributed by atoms with Crippen molar-refractivity contribution in [1.82, 2.24) is 4.90 Å². The van der Waals surface area contributed by atoms with Crippen LogP contribution in [-0.4, -0.2) is 23.9 Å². The third-order valence-electron chi connectivity index (χ3n) is 6.32. The van der Waals surface area contributed by atoms with Crippen LogP contribution >= 0.6 is 23.2 Å². The minimum atomic E-state index is 0.0461. The maximum atomic E-state index is 13.2. The molecule has 2 aromatic rings. The molecule has 28 heavy (non-hydrogen) atoms. The van der Waals surface area contributed by atoms with Gasteiger partial charge in [-0.3, -0.25) is 4.79 Å². The number of halogens is 2. The lowest BCUT2D eigenvalue weighted by atomic mass is 9.76. The molecule has 1 fully saturated rings. The van der Waals surface area contributed by atoms with Gasteiger partial charge in [0.15, 0.2) is 0 Å². The lowest BCUT2D eigenvalue weighted by Crippen LogP contribution is -2.33. The minimum Gasteiger partial charge on any atom is -0.377 e. The average molecular weight is 413 g/mol. The zero-order chi connectivity index (χ0) is 19.3. The number of hydrogen-bond acceptors (Lipinski definition) is 2. The minimum absolute atomic E-state index is 0.0461. The van der Waals surface area contributed by atoms with E-state index < -0.39 is 0 Å². The summed E-state index contributed by atoms with van der Waals surface area (Å²) in [4.78, 5) is 15.2. The lowest BCUT2D eigenvalue weighted by Gasteiger charge is -2.39. The van der Waals surface area contributed by atoms with Crippen molar-refractivity contribution >= 4 is 34.8 Å². The summed E-state index contributed by atoms with van der Waals surface area (Å²) in [6.07, 6.45) is 7.70. The van der Waals surface area contributed by atoms with E-state index in [1.54, 1.807) is 6.07 Å². The zero-order valence-corrected chi connectivity index (χ0v) is 17.0. The molecule has 1 saturated heterocycles. The summed E-state index contributed by atoms with van der Waals surface area (Å²) in [6, 6.07) is 11.9. The van der Waals surface area contributed by atoms with Gasteiger partial charge in [0.25, 0.3) is 5.91 Å². The van der Waals surface area contributed by atoms with Crippen LogP contribution in [0.15, 0.2) is 48.6 Å². The molecule has 3 nitrogen and oxygen atoms in total. The molecule has 0 radical (unpaired) electrons. The van der Waals surface area contributed by atoms with Crippen molar-refractivity contribution in [3.05, 3.63) is 75.3 Å². The predicted molar refractivity (Wildman–Crippen MR) is 114 cm³/mol. The fourth-order valence-electron chi connectivity index (χ4n) is 4.95. The first-order valence-corrected chi connectivity index (χ1v) is 10.7. The molecule has 0 saturated carbocycles. The molecule has 2 heterocycles. The maximum Gasteiger partial charge on any atom is 0.255 e. The van der Waals surface area contributed by atoms with Crippen molar-refractivity contribution in [1.29, 1.82) is 0 Å². The van der Waals surface area contributed by atoms with E-state index in [2.05, 4.69) is 23.5 Å². The summed E-state index contributed by atoms with van der Waals surface area (Å²) < 4.78 is 0. The van der Waals surface area contributed by atoms with Gasteiger partial charge in [-0.2, -0.15) is 0 Å². The van der Waals surface area contributed by atoms with E-state index in [1.165, 1.54) is 5.56 Å². The Morgan fingerprint density at radius 1 is 1.07 bits per heavy atom. The quantitative estimate of drug-likeness (QED) is 0.608. The smallest absolute Gasteiger partial charge is 0.255 e. The molecule has 2 aliphatic heterocycles. The van der Waals surface area contributed by atoms with E-state index in [1.807, 2.05) is 29.2 Å². The van der Waals surface area contributed by atoms with E-state index in [0.717, 1.165) is 49.2 Å². The van der Waals surface area contributed by atoms with Gasteiger partial charge in [0.1, 0.15) is 0 Å². The number of allylic oxidation sites excluding steroid dienone is 2. The van der Waals surface area contributed by atoms with Crippen molar-refractivity contribution < 1.29 is 4.79 Å². The number of para-hydroxylation sites is 1. The number of nitrogens with one attached hydrogen (secondary N) is 1. The van der Waals surface area contributed by atoms with Crippen molar-refractivity contribution in [2.24, 2.45) is 5.92 Å². The van der Waals surface area contributed by atoms with Crippen LogP contribution in [0.1, 0.15) is 52.7 Å². The number of hydrogen-bond donors (Lipinski definition) is 1. The van der Waals surface area contributed by atoms with Gasteiger partial charge >= 0.3 is 0 Å². The van der Waals surface area contributed by atoms with Crippen molar-refractivity contribution in [3.8, 4) is 0 Å². The molecule has 3 atom stereocenters. The van der Waals surface area contributed by atoms with Crippen LogP contribution < -0.4 is 5.32 Å². The van der Waals surface area contributed by atoms with Crippen LogP contribution in [-0.2, 0) is 0 Å². The number of carbonyl (C=O) groups is 1. The molecule has 1 aliphatic carbocycles. The molecule has 3 aliphatic rings. The molecule has 144 valence electrons. The van der Waals surface area contributed by atoms with Crippen LogP contribution in [0.25, 0.3) is 0 Å². The first-order chi connectivity index (χ1) is 13.6. The average Bonchev–Trinajstić information content (AvgIpc) is 3.39. The Balaban J connectivity index is 1.59. The zero-order valence-electron chi connectivity index (χ0n) is 15.5. The monoisotopic (exact) mass is 412 g/mol. The summed E-state index contributed by atoms with van der Waals surface area (Å²) in [5.41, 5.74) is 3.99. The van der Waals surface area contributed by atoms with E-state index in [9.17, 15) is 4.79 Å². The van der Waals surface area contributed by atoms with Crippen molar-refractivity contribution in [2.45, 2.75) is 31.2 Å². The molecular weight excluding hydrogens is 391 g/mol. The van der Waals surface area contributed by atoms with E-state index >= 15 is 0 Å². The summed E-state index contributed by atoms with van der Waals surface area (Å²) in [5.74, 6) is 0.797. The maximum absolute atomic E-state index is 13.2. The molecule has 0 bridgehead atoms. The van der Waals surface area contributed by atoms with Gasteiger partial charge in [-0.15, -0.1) is 0 Å². The van der Waals surface area contributed by atoms with Gasteiger partial charge in [0.05, 0.1) is 17.3 Å². The van der Waals surface area contributed by atoms with E-state index in [-0.39, 0.29) is 11.9 Å². The molecule has 0 unspecified atom stereocenters. The van der Waals surface area contributed by atoms with Gasteiger partial charge in [0, 0.05) is 29.1 Å². The summed E-state index contributed by atoms with van der Waals surface area (Å²) in [6.45, 7) is 1.70. The number of likely N-dealkylation sites (tertiary alicyclic amines) is 1. The molecule has 5 heteroatoms. The number of rotatable bonds is 2. The fraction of sp³-hybridized carbons (Fsp3) is 0.348. The topological polar surface area (TPSA) is 32.3 Å². The highest BCUT2D eigenvalue weighted by Crippen LogP contribution is 2.51. The van der Waals surface area contributed by atoms with Crippen LogP contribution in [0.3, 0.4) is 0 Å².